The molecule has 13 heteroatoms. The van der Waals surface area contributed by atoms with Crippen molar-refractivity contribution >= 4 is 65.6 Å². The Balaban J connectivity index is 2.13. The largest absolute Gasteiger partial charge is 0.357 e. The second-order valence-electron chi connectivity index (χ2n) is 6.19. The van der Waals surface area contributed by atoms with E-state index in [0.29, 0.717) is 11.2 Å². The molecule has 0 bridgehead atoms. The number of aromatic nitrogens is 1. The summed E-state index contributed by atoms with van der Waals surface area (Å²) in [6.45, 7) is 3.45. The number of H-pyrrole nitrogens is 1. The minimum atomic E-state index is -4.51. The maximum absolute atomic E-state index is 12.2. The third kappa shape index (κ3) is 4.36. The molecule has 0 spiro atoms. The first kappa shape index (κ1) is 22.7. The van der Waals surface area contributed by atoms with Gasteiger partial charge in [-0.2, -0.15) is 8.42 Å². The van der Waals surface area contributed by atoms with Gasteiger partial charge in [0.1, 0.15) is 21.2 Å². The third-order valence-corrected chi connectivity index (χ3v) is 7.31. The lowest BCUT2D eigenvalue weighted by atomic mass is 10.2. The molecule has 0 amide bonds. The molecule has 0 saturated heterocycles. The second-order valence-corrected chi connectivity index (χ2v) is 10.1. The number of aryl methyl sites for hydroxylation is 1. The van der Waals surface area contributed by atoms with Crippen LogP contribution in [0.15, 0.2) is 50.4 Å². The standard InChI is InChI=1S/C17H16Cl2N4O5S2/c1-3-20-29(24,25)15-8-10(18)13(7-11(15)19)22-23-17-9(2)21-12-5-4-6-14(16(12)17)30(26,27)28/h4-8,20-21H,3H2,1-2H3,(H,26,27,28). The molecule has 3 rings (SSSR count). The molecule has 0 aliphatic rings. The van der Waals surface area contributed by atoms with Crippen LogP contribution in [0, 0.1) is 6.92 Å². The highest BCUT2D eigenvalue weighted by atomic mass is 35.5. The van der Waals surface area contributed by atoms with Gasteiger partial charge in [0.05, 0.1) is 10.0 Å². The number of hydrogen-bond donors (Lipinski definition) is 3. The van der Waals surface area contributed by atoms with E-state index >= 15 is 0 Å². The molecule has 0 aliphatic carbocycles. The average Bonchev–Trinajstić information content (AvgIpc) is 2.96. The fourth-order valence-electron chi connectivity index (χ4n) is 2.84. The molecule has 0 atom stereocenters. The van der Waals surface area contributed by atoms with Gasteiger partial charge in [0, 0.05) is 23.1 Å². The van der Waals surface area contributed by atoms with E-state index in [1.54, 1.807) is 19.9 Å². The summed E-state index contributed by atoms with van der Waals surface area (Å²) in [7, 11) is -8.34. The third-order valence-electron chi connectivity index (χ3n) is 4.10. The van der Waals surface area contributed by atoms with Gasteiger partial charge in [-0.15, -0.1) is 10.2 Å². The maximum Gasteiger partial charge on any atom is 0.295 e. The number of aromatic amines is 1. The van der Waals surface area contributed by atoms with Crippen molar-refractivity contribution in [1.82, 2.24) is 9.71 Å². The van der Waals surface area contributed by atoms with Crippen LogP contribution < -0.4 is 4.72 Å². The van der Waals surface area contributed by atoms with Crippen LogP contribution in [-0.2, 0) is 20.1 Å². The van der Waals surface area contributed by atoms with Crippen LogP contribution in [0.2, 0.25) is 10.0 Å². The van der Waals surface area contributed by atoms with Crippen LogP contribution in [0.1, 0.15) is 12.6 Å². The zero-order valence-electron chi connectivity index (χ0n) is 15.6. The van der Waals surface area contributed by atoms with Crippen molar-refractivity contribution in [3.05, 3.63) is 46.1 Å². The summed E-state index contributed by atoms with van der Waals surface area (Å²) in [6.07, 6.45) is 0. The van der Waals surface area contributed by atoms with Crippen LogP contribution >= 0.6 is 23.2 Å². The van der Waals surface area contributed by atoms with E-state index in [2.05, 4.69) is 19.9 Å². The van der Waals surface area contributed by atoms with E-state index < -0.39 is 20.1 Å². The number of nitrogens with zero attached hydrogens (tertiary/aromatic N) is 2. The molecule has 0 fully saturated rings. The molecule has 0 unspecified atom stereocenters. The van der Waals surface area contributed by atoms with Crippen LogP contribution in [0.5, 0.6) is 0 Å². The highest BCUT2D eigenvalue weighted by Crippen LogP contribution is 2.38. The molecule has 3 aromatic rings. The molecule has 30 heavy (non-hydrogen) atoms. The lowest BCUT2D eigenvalue weighted by Gasteiger charge is -2.08. The zero-order valence-corrected chi connectivity index (χ0v) is 18.8. The van der Waals surface area contributed by atoms with E-state index in [0.717, 1.165) is 6.07 Å². The van der Waals surface area contributed by atoms with E-state index in [-0.39, 0.29) is 43.1 Å². The van der Waals surface area contributed by atoms with Gasteiger partial charge in [0.15, 0.2) is 0 Å². The summed E-state index contributed by atoms with van der Waals surface area (Å²) >= 11 is 12.3. The lowest BCUT2D eigenvalue weighted by molar-refractivity contribution is 0.484. The molecule has 1 aromatic heterocycles. The minimum Gasteiger partial charge on any atom is -0.357 e. The molecular weight excluding hydrogens is 475 g/mol. The molecular formula is C17H16Cl2N4O5S2. The van der Waals surface area contributed by atoms with Crippen molar-refractivity contribution in [2.24, 2.45) is 10.2 Å². The number of hydrogen-bond acceptors (Lipinski definition) is 6. The second kappa shape index (κ2) is 8.25. The summed E-state index contributed by atoms with van der Waals surface area (Å²) in [6, 6.07) is 6.74. The lowest BCUT2D eigenvalue weighted by Crippen LogP contribution is -2.23. The summed E-state index contributed by atoms with van der Waals surface area (Å²) in [5.41, 5.74) is 1.19. The van der Waals surface area contributed by atoms with Gasteiger partial charge in [0.25, 0.3) is 10.1 Å². The van der Waals surface area contributed by atoms with Crippen molar-refractivity contribution in [3.63, 3.8) is 0 Å². The molecule has 3 N–H and O–H groups in total. The fraction of sp³-hybridized carbons (Fsp3) is 0.176. The smallest absolute Gasteiger partial charge is 0.295 e. The predicted octanol–water partition coefficient (Wildman–Crippen LogP) is 4.74. The first-order chi connectivity index (χ1) is 14.0. The quantitative estimate of drug-likeness (QED) is 0.337. The van der Waals surface area contributed by atoms with Gasteiger partial charge in [-0.3, -0.25) is 4.55 Å². The normalized spacial score (nSPS) is 12.8. The number of sulfonamides is 1. The monoisotopic (exact) mass is 490 g/mol. The predicted molar refractivity (Wildman–Crippen MR) is 114 cm³/mol. The number of nitrogens with one attached hydrogen (secondary N) is 2. The van der Waals surface area contributed by atoms with Crippen molar-refractivity contribution in [2.75, 3.05) is 6.54 Å². The molecule has 0 radical (unpaired) electrons. The number of azo groups is 1. The first-order valence-corrected chi connectivity index (χ1v) is 12.1. The van der Waals surface area contributed by atoms with E-state index in [1.165, 1.54) is 18.2 Å². The summed E-state index contributed by atoms with van der Waals surface area (Å²) in [5, 5.41) is 8.12. The Morgan fingerprint density at radius 2 is 1.77 bits per heavy atom. The average molecular weight is 491 g/mol. The molecule has 1 heterocycles. The number of benzene rings is 2. The van der Waals surface area contributed by atoms with Crippen LogP contribution in [-0.4, -0.2) is 32.9 Å². The van der Waals surface area contributed by atoms with Crippen molar-refractivity contribution in [1.29, 1.82) is 0 Å². The summed E-state index contributed by atoms with van der Waals surface area (Å²) in [4.78, 5) is 2.44. The maximum atomic E-state index is 12.2. The van der Waals surface area contributed by atoms with E-state index in [4.69, 9.17) is 23.2 Å². The Hall–Kier alpha value is -2.02. The Bertz CT molecular complexity index is 1380. The minimum absolute atomic E-state index is 0.0212. The summed E-state index contributed by atoms with van der Waals surface area (Å²) in [5.74, 6) is 0. The Morgan fingerprint density at radius 3 is 2.40 bits per heavy atom. The van der Waals surface area contributed by atoms with Crippen LogP contribution in [0.25, 0.3) is 10.9 Å². The summed E-state index contributed by atoms with van der Waals surface area (Å²) < 4.78 is 59.7. The van der Waals surface area contributed by atoms with Gasteiger partial charge >= 0.3 is 0 Å². The Kier molecular flexibility index (Phi) is 6.23. The van der Waals surface area contributed by atoms with Crippen molar-refractivity contribution in [2.45, 2.75) is 23.6 Å². The molecule has 2 aromatic carbocycles. The molecule has 160 valence electrons. The number of rotatable bonds is 6. The van der Waals surface area contributed by atoms with Gasteiger partial charge < -0.3 is 4.98 Å². The number of halogens is 2. The Morgan fingerprint density at radius 1 is 1.07 bits per heavy atom. The highest BCUT2D eigenvalue weighted by Gasteiger charge is 2.21. The van der Waals surface area contributed by atoms with Crippen molar-refractivity contribution < 1.29 is 21.4 Å². The van der Waals surface area contributed by atoms with Crippen LogP contribution in [0.3, 0.4) is 0 Å². The van der Waals surface area contributed by atoms with Gasteiger partial charge in [-0.1, -0.05) is 36.2 Å². The van der Waals surface area contributed by atoms with Gasteiger partial charge in [0.2, 0.25) is 10.0 Å². The van der Waals surface area contributed by atoms with Crippen LogP contribution in [0.4, 0.5) is 11.4 Å². The Labute approximate surface area is 182 Å². The van der Waals surface area contributed by atoms with Gasteiger partial charge in [-0.25, -0.2) is 13.1 Å². The molecule has 0 saturated carbocycles. The van der Waals surface area contributed by atoms with Gasteiger partial charge in [-0.05, 0) is 31.2 Å². The molecule has 0 aliphatic heterocycles. The fourth-order valence-corrected chi connectivity index (χ4v) is 5.41. The SMILES string of the molecule is CCNS(=O)(=O)c1cc(Cl)c(N=Nc2c(C)[nH]c3cccc(S(=O)(=O)O)c23)cc1Cl. The van der Waals surface area contributed by atoms with E-state index in [9.17, 15) is 21.4 Å². The van der Waals surface area contributed by atoms with E-state index in [1.807, 2.05) is 0 Å². The zero-order chi connectivity index (χ0) is 22.3. The highest BCUT2D eigenvalue weighted by molar-refractivity contribution is 7.89. The number of fused-ring (bicyclic) bond motifs is 1. The molecule has 9 nitrogen and oxygen atoms in total. The topological polar surface area (TPSA) is 141 Å². The van der Waals surface area contributed by atoms with Crippen molar-refractivity contribution in [3.8, 4) is 0 Å². The first-order valence-electron chi connectivity index (χ1n) is 8.45.